The third-order valence-corrected chi connectivity index (χ3v) is 7.09. The molecule has 0 aromatic heterocycles. The first-order valence-electron chi connectivity index (χ1n) is 10.2. The summed E-state index contributed by atoms with van der Waals surface area (Å²) in [6.07, 6.45) is 0. The van der Waals surface area contributed by atoms with Gasteiger partial charge in [-0.1, -0.05) is 90.5 Å². The Morgan fingerprint density at radius 2 is 1.16 bits per heavy atom. The molecule has 0 aliphatic rings. The molecule has 0 aliphatic heterocycles. The minimum absolute atomic E-state index is 0.465. The lowest BCUT2D eigenvalue weighted by molar-refractivity contribution is 0.361. The molecule has 0 heterocycles. The standard InChI is InChI=1S/C26H23ClNO3P/c27-23-18-16-22(17-19-23)26(28-20-21-10-4-1-5-11-21)32(29,30-24-12-6-2-7-13-24)31-25-14-8-3-9-15-25/h1-19,26,28H,20H2. The van der Waals surface area contributed by atoms with Gasteiger partial charge in [-0.3, -0.25) is 5.32 Å². The van der Waals surface area contributed by atoms with Gasteiger partial charge < -0.3 is 9.05 Å². The Labute approximate surface area is 193 Å². The Balaban J connectivity index is 1.73. The van der Waals surface area contributed by atoms with E-state index in [1.165, 1.54) is 0 Å². The van der Waals surface area contributed by atoms with E-state index in [1.807, 2.05) is 78.9 Å². The van der Waals surface area contributed by atoms with Crippen LogP contribution < -0.4 is 14.4 Å². The minimum atomic E-state index is -3.80. The van der Waals surface area contributed by atoms with E-state index in [2.05, 4.69) is 5.32 Å². The van der Waals surface area contributed by atoms with E-state index in [0.29, 0.717) is 23.1 Å². The maximum Gasteiger partial charge on any atom is 0.452 e. The fourth-order valence-corrected chi connectivity index (χ4v) is 5.31. The van der Waals surface area contributed by atoms with Crippen molar-refractivity contribution < 1.29 is 13.6 Å². The third-order valence-electron chi connectivity index (χ3n) is 4.80. The van der Waals surface area contributed by atoms with E-state index in [1.54, 1.807) is 36.4 Å². The van der Waals surface area contributed by atoms with Gasteiger partial charge in [-0.2, -0.15) is 0 Å². The molecule has 0 bridgehead atoms. The zero-order valence-corrected chi connectivity index (χ0v) is 19.0. The van der Waals surface area contributed by atoms with Gasteiger partial charge in [-0.25, -0.2) is 4.57 Å². The fraction of sp³-hybridized carbons (Fsp3) is 0.0769. The number of hydrogen-bond acceptors (Lipinski definition) is 4. The predicted molar refractivity (Wildman–Crippen MR) is 129 cm³/mol. The first-order chi connectivity index (χ1) is 15.6. The zero-order valence-electron chi connectivity index (χ0n) is 17.3. The van der Waals surface area contributed by atoms with Crippen LogP contribution in [0.25, 0.3) is 0 Å². The van der Waals surface area contributed by atoms with Crippen molar-refractivity contribution >= 4 is 19.2 Å². The lowest BCUT2D eigenvalue weighted by atomic mass is 10.2. The molecule has 162 valence electrons. The summed E-state index contributed by atoms with van der Waals surface area (Å²) in [5, 5.41) is 3.99. The molecule has 0 saturated carbocycles. The molecule has 1 unspecified atom stereocenters. The van der Waals surface area contributed by atoms with E-state index < -0.39 is 13.4 Å². The van der Waals surface area contributed by atoms with Gasteiger partial charge in [0.2, 0.25) is 0 Å². The highest BCUT2D eigenvalue weighted by Crippen LogP contribution is 2.59. The van der Waals surface area contributed by atoms with Gasteiger partial charge in [0.1, 0.15) is 11.5 Å². The molecule has 0 aliphatic carbocycles. The normalized spacial score (nSPS) is 12.2. The van der Waals surface area contributed by atoms with E-state index >= 15 is 0 Å². The molecule has 4 rings (SSSR count). The second kappa shape index (κ2) is 10.5. The largest absolute Gasteiger partial charge is 0.452 e. The number of nitrogens with one attached hydrogen (secondary N) is 1. The second-order valence-corrected chi connectivity index (χ2v) is 9.57. The van der Waals surface area contributed by atoms with Crippen molar-refractivity contribution in [3.63, 3.8) is 0 Å². The summed E-state index contributed by atoms with van der Waals surface area (Å²) < 4.78 is 26.6. The summed E-state index contributed by atoms with van der Waals surface area (Å²) in [6.45, 7) is 0.481. The van der Waals surface area contributed by atoms with Crippen LogP contribution in [0, 0.1) is 0 Å². The van der Waals surface area contributed by atoms with Crippen molar-refractivity contribution in [1.29, 1.82) is 0 Å². The molecule has 1 atom stereocenters. The highest BCUT2D eigenvalue weighted by molar-refractivity contribution is 7.55. The monoisotopic (exact) mass is 463 g/mol. The van der Waals surface area contributed by atoms with Crippen LogP contribution in [-0.4, -0.2) is 0 Å². The van der Waals surface area contributed by atoms with Crippen molar-refractivity contribution in [2.45, 2.75) is 12.3 Å². The fourth-order valence-electron chi connectivity index (χ4n) is 3.25. The second-order valence-electron chi connectivity index (χ2n) is 7.17. The minimum Gasteiger partial charge on any atom is -0.415 e. The number of halogens is 1. The van der Waals surface area contributed by atoms with Crippen LogP contribution in [0.5, 0.6) is 11.5 Å². The quantitative estimate of drug-likeness (QED) is 0.261. The van der Waals surface area contributed by atoms with Gasteiger partial charge in [0.15, 0.2) is 5.78 Å². The summed E-state index contributed by atoms with van der Waals surface area (Å²) in [4.78, 5) is 0. The molecule has 1 N–H and O–H groups in total. The first-order valence-corrected chi connectivity index (χ1v) is 12.2. The maximum absolute atomic E-state index is 14.4. The summed E-state index contributed by atoms with van der Waals surface area (Å²) in [5.41, 5.74) is 1.80. The average Bonchev–Trinajstić information content (AvgIpc) is 2.82. The van der Waals surface area contributed by atoms with Gasteiger partial charge in [-0.05, 0) is 47.5 Å². The Bertz CT molecular complexity index is 1110. The van der Waals surface area contributed by atoms with E-state index in [-0.39, 0.29) is 0 Å². The Morgan fingerprint density at radius 1 is 0.688 bits per heavy atom. The number of hydrogen-bond donors (Lipinski definition) is 1. The van der Waals surface area contributed by atoms with Crippen molar-refractivity contribution in [2.75, 3.05) is 0 Å². The lowest BCUT2D eigenvalue weighted by Crippen LogP contribution is -2.25. The summed E-state index contributed by atoms with van der Waals surface area (Å²) in [6, 6.07) is 35.2. The third kappa shape index (κ3) is 5.80. The number of para-hydroxylation sites is 2. The van der Waals surface area contributed by atoms with E-state index in [9.17, 15) is 4.57 Å². The van der Waals surface area contributed by atoms with Gasteiger partial charge in [-0.15, -0.1) is 0 Å². The topological polar surface area (TPSA) is 47.6 Å². The molecule has 0 fully saturated rings. The molecule has 32 heavy (non-hydrogen) atoms. The number of benzene rings is 4. The zero-order chi connectivity index (χ0) is 22.2. The summed E-state index contributed by atoms with van der Waals surface area (Å²) in [5.74, 6) is 0.194. The lowest BCUT2D eigenvalue weighted by Gasteiger charge is -2.28. The van der Waals surface area contributed by atoms with Crippen molar-refractivity contribution in [2.24, 2.45) is 0 Å². The molecule has 4 aromatic carbocycles. The molecule has 4 nitrogen and oxygen atoms in total. The van der Waals surface area contributed by atoms with Crippen molar-refractivity contribution in [3.05, 3.63) is 131 Å². The van der Waals surface area contributed by atoms with Crippen LogP contribution in [0.2, 0.25) is 5.02 Å². The van der Waals surface area contributed by atoms with Crippen LogP contribution in [0.1, 0.15) is 16.9 Å². The summed E-state index contributed by atoms with van der Waals surface area (Å²) in [7, 11) is -3.80. The van der Waals surface area contributed by atoms with Crippen LogP contribution in [0.3, 0.4) is 0 Å². The predicted octanol–water partition coefficient (Wildman–Crippen LogP) is 7.48. The Hall–Kier alpha value is -3.04. The van der Waals surface area contributed by atoms with Crippen LogP contribution in [-0.2, 0) is 11.1 Å². The van der Waals surface area contributed by atoms with Gasteiger partial charge in [0.05, 0.1) is 0 Å². The maximum atomic E-state index is 14.4. The highest BCUT2D eigenvalue weighted by atomic mass is 35.5. The van der Waals surface area contributed by atoms with Crippen LogP contribution in [0.4, 0.5) is 0 Å². The van der Waals surface area contributed by atoms with Crippen molar-refractivity contribution in [3.8, 4) is 11.5 Å². The summed E-state index contributed by atoms with van der Waals surface area (Å²) >= 11 is 6.11. The Kier molecular flexibility index (Phi) is 7.28. The first kappa shape index (κ1) is 22.2. The van der Waals surface area contributed by atoms with Gasteiger partial charge in [0, 0.05) is 11.6 Å². The molecule has 0 spiro atoms. The average molecular weight is 464 g/mol. The molecular formula is C26H23ClNO3P. The van der Waals surface area contributed by atoms with E-state index in [4.69, 9.17) is 20.6 Å². The van der Waals surface area contributed by atoms with Gasteiger partial charge in [0.25, 0.3) is 0 Å². The smallest absolute Gasteiger partial charge is 0.415 e. The van der Waals surface area contributed by atoms with Crippen molar-refractivity contribution in [1.82, 2.24) is 5.32 Å². The molecule has 4 aromatic rings. The molecule has 0 amide bonds. The van der Waals surface area contributed by atoms with Gasteiger partial charge >= 0.3 is 7.60 Å². The molecule has 0 saturated heterocycles. The number of rotatable bonds is 9. The molecule has 6 heteroatoms. The highest BCUT2D eigenvalue weighted by Gasteiger charge is 2.40. The molecular weight excluding hydrogens is 441 g/mol. The molecule has 0 radical (unpaired) electrons. The SMILES string of the molecule is O=P(Oc1ccccc1)(Oc1ccccc1)C(NCc1ccccc1)c1ccc(Cl)cc1. The van der Waals surface area contributed by atoms with E-state index in [0.717, 1.165) is 11.1 Å². The Morgan fingerprint density at radius 3 is 1.66 bits per heavy atom. The van der Waals surface area contributed by atoms with Crippen LogP contribution in [0.15, 0.2) is 115 Å². The van der Waals surface area contributed by atoms with Crippen LogP contribution >= 0.6 is 19.2 Å².